The second-order valence-corrected chi connectivity index (χ2v) is 7.11. The number of carbonyl (C=O) groups excluding carboxylic acids is 1. The lowest BCUT2D eigenvalue weighted by Crippen LogP contribution is -2.51. The summed E-state index contributed by atoms with van der Waals surface area (Å²) >= 11 is 1.67. The maximum Gasteiger partial charge on any atom is 0.220 e. The van der Waals surface area contributed by atoms with Crippen LogP contribution in [0.25, 0.3) is 0 Å². The van der Waals surface area contributed by atoms with Crippen molar-refractivity contribution in [2.24, 2.45) is 0 Å². The largest absolute Gasteiger partial charge is 0.488 e. The van der Waals surface area contributed by atoms with Crippen molar-refractivity contribution < 1.29 is 19.4 Å². The fourth-order valence-electron chi connectivity index (χ4n) is 2.81. The summed E-state index contributed by atoms with van der Waals surface area (Å²) in [6.07, 6.45) is 1.84. The van der Waals surface area contributed by atoms with Crippen LogP contribution in [-0.2, 0) is 22.6 Å². The predicted molar refractivity (Wildman–Crippen MR) is 96.8 cm³/mol. The van der Waals surface area contributed by atoms with Crippen LogP contribution in [0.1, 0.15) is 23.3 Å². The van der Waals surface area contributed by atoms with Crippen molar-refractivity contribution in [2.45, 2.75) is 38.0 Å². The Morgan fingerprint density at radius 2 is 2.16 bits per heavy atom. The molecule has 2 N–H and O–H groups in total. The molecule has 25 heavy (non-hydrogen) atoms. The number of aryl methyl sites for hydroxylation is 1. The number of carbonyl (C=O) groups is 1. The lowest BCUT2D eigenvalue weighted by atomic mass is 10.1. The molecule has 2 atom stereocenters. The van der Waals surface area contributed by atoms with Crippen molar-refractivity contribution in [3.63, 3.8) is 0 Å². The van der Waals surface area contributed by atoms with Gasteiger partial charge in [-0.1, -0.05) is 18.2 Å². The standard InChI is InChI=1S/C19H23NO4S/c21-12-14-3-5-15(6-4-14)24-18-9-10-23-13-17(18)20-19(22)8-7-16-2-1-11-25-16/h1-6,11,17-18,21H,7-10,12-13H2,(H,20,22)/t17-,18-/m0/s1. The molecule has 1 amide bonds. The molecular formula is C19H23NO4S. The van der Waals surface area contributed by atoms with E-state index in [1.54, 1.807) is 11.3 Å². The van der Waals surface area contributed by atoms with Gasteiger partial charge < -0.3 is 19.9 Å². The second-order valence-electron chi connectivity index (χ2n) is 6.08. The number of nitrogens with one attached hydrogen (secondary N) is 1. The zero-order valence-corrected chi connectivity index (χ0v) is 14.8. The van der Waals surface area contributed by atoms with Crippen LogP contribution >= 0.6 is 11.3 Å². The number of ether oxygens (including phenoxy) is 2. The van der Waals surface area contributed by atoms with E-state index in [0.717, 1.165) is 24.2 Å². The molecule has 3 rings (SSSR count). The van der Waals surface area contributed by atoms with Gasteiger partial charge in [0, 0.05) is 17.7 Å². The molecule has 0 spiro atoms. The summed E-state index contributed by atoms with van der Waals surface area (Å²) in [4.78, 5) is 13.5. The second kappa shape index (κ2) is 8.99. The molecule has 0 unspecified atom stereocenters. The minimum absolute atomic E-state index is 0.0144. The number of aliphatic hydroxyl groups excluding tert-OH is 1. The first-order valence-electron chi connectivity index (χ1n) is 8.50. The first-order chi connectivity index (χ1) is 12.2. The Morgan fingerprint density at radius 1 is 1.32 bits per heavy atom. The average molecular weight is 361 g/mol. The minimum atomic E-state index is -0.151. The van der Waals surface area contributed by atoms with Gasteiger partial charge in [-0.05, 0) is 35.6 Å². The van der Waals surface area contributed by atoms with Crippen molar-refractivity contribution >= 4 is 17.2 Å². The molecule has 1 aromatic carbocycles. The van der Waals surface area contributed by atoms with Crippen LogP contribution in [0.15, 0.2) is 41.8 Å². The molecular weight excluding hydrogens is 338 g/mol. The summed E-state index contributed by atoms with van der Waals surface area (Å²) < 4.78 is 11.6. The summed E-state index contributed by atoms with van der Waals surface area (Å²) in [7, 11) is 0. The van der Waals surface area contributed by atoms with E-state index in [-0.39, 0.29) is 24.7 Å². The van der Waals surface area contributed by atoms with Crippen molar-refractivity contribution in [3.8, 4) is 5.75 Å². The maximum atomic E-state index is 12.2. The highest BCUT2D eigenvalue weighted by Gasteiger charge is 2.28. The summed E-state index contributed by atoms with van der Waals surface area (Å²) in [5.41, 5.74) is 0.845. The number of rotatable bonds is 7. The lowest BCUT2D eigenvalue weighted by Gasteiger charge is -2.32. The van der Waals surface area contributed by atoms with Gasteiger partial charge in [-0.3, -0.25) is 4.79 Å². The van der Waals surface area contributed by atoms with Crippen molar-refractivity contribution in [2.75, 3.05) is 13.2 Å². The van der Waals surface area contributed by atoms with Gasteiger partial charge >= 0.3 is 0 Å². The normalized spacial score (nSPS) is 20.2. The summed E-state index contributed by atoms with van der Waals surface area (Å²) in [5, 5.41) is 14.2. The number of amides is 1. The van der Waals surface area contributed by atoms with Gasteiger partial charge in [0.15, 0.2) is 0 Å². The monoisotopic (exact) mass is 361 g/mol. The molecule has 1 aliphatic heterocycles. The van der Waals surface area contributed by atoms with E-state index in [2.05, 4.69) is 5.32 Å². The smallest absolute Gasteiger partial charge is 0.220 e. The molecule has 1 saturated heterocycles. The number of thiophene rings is 1. The van der Waals surface area contributed by atoms with Crippen molar-refractivity contribution in [1.82, 2.24) is 5.32 Å². The molecule has 2 heterocycles. The van der Waals surface area contributed by atoms with Crippen molar-refractivity contribution in [3.05, 3.63) is 52.2 Å². The van der Waals surface area contributed by atoms with Crippen LogP contribution in [0.2, 0.25) is 0 Å². The van der Waals surface area contributed by atoms with E-state index < -0.39 is 0 Å². The fraction of sp³-hybridized carbons (Fsp3) is 0.421. The summed E-state index contributed by atoms with van der Waals surface area (Å²) in [6.45, 7) is 1.10. The molecule has 0 radical (unpaired) electrons. The molecule has 5 nitrogen and oxygen atoms in total. The van der Waals surface area contributed by atoms with E-state index >= 15 is 0 Å². The Morgan fingerprint density at radius 3 is 2.88 bits per heavy atom. The molecule has 1 aliphatic rings. The molecule has 0 saturated carbocycles. The number of hydrogen-bond donors (Lipinski definition) is 2. The Hall–Kier alpha value is -1.89. The van der Waals surface area contributed by atoms with Gasteiger partial charge in [-0.2, -0.15) is 0 Å². The van der Waals surface area contributed by atoms with Gasteiger partial charge in [0.25, 0.3) is 0 Å². The first-order valence-corrected chi connectivity index (χ1v) is 9.38. The fourth-order valence-corrected chi connectivity index (χ4v) is 3.52. The molecule has 2 aromatic rings. The molecule has 134 valence electrons. The number of aliphatic hydroxyl groups is 1. The highest BCUT2D eigenvalue weighted by Crippen LogP contribution is 2.19. The van der Waals surface area contributed by atoms with Gasteiger partial charge in [-0.25, -0.2) is 0 Å². The van der Waals surface area contributed by atoms with E-state index in [0.29, 0.717) is 19.6 Å². The van der Waals surface area contributed by atoms with Gasteiger partial charge in [-0.15, -0.1) is 11.3 Å². The Labute approximate surface area is 151 Å². The lowest BCUT2D eigenvalue weighted by molar-refractivity contribution is -0.124. The molecule has 1 aromatic heterocycles. The third-order valence-electron chi connectivity index (χ3n) is 4.21. The summed E-state index contributed by atoms with van der Waals surface area (Å²) in [5.74, 6) is 0.759. The molecule has 6 heteroatoms. The highest BCUT2D eigenvalue weighted by molar-refractivity contribution is 7.09. The predicted octanol–water partition coefficient (Wildman–Crippen LogP) is 2.53. The first kappa shape index (κ1) is 17.9. The third kappa shape index (κ3) is 5.29. The Bertz CT molecular complexity index is 657. The molecule has 0 aliphatic carbocycles. The summed E-state index contributed by atoms with van der Waals surface area (Å²) in [6, 6.07) is 11.3. The van der Waals surface area contributed by atoms with Gasteiger partial charge in [0.05, 0.1) is 25.9 Å². The molecule has 1 fully saturated rings. The van der Waals surface area contributed by atoms with Crippen LogP contribution in [0.3, 0.4) is 0 Å². The van der Waals surface area contributed by atoms with E-state index in [4.69, 9.17) is 14.6 Å². The highest BCUT2D eigenvalue weighted by atomic mass is 32.1. The number of benzene rings is 1. The SMILES string of the molecule is O=C(CCc1cccs1)N[C@H]1COCC[C@@H]1Oc1ccc(CO)cc1. The maximum absolute atomic E-state index is 12.2. The zero-order valence-electron chi connectivity index (χ0n) is 14.0. The van der Waals surface area contributed by atoms with E-state index in [1.807, 2.05) is 41.8 Å². The quantitative estimate of drug-likeness (QED) is 0.795. The van der Waals surface area contributed by atoms with Gasteiger partial charge in [0.2, 0.25) is 5.91 Å². The topological polar surface area (TPSA) is 67.8 Å². The average Bonchev–Trinajstić information content (AvgIpc) is 3.16. The van der Waals surface area contributed by atoms with E-state index in [9.17, 15) is 4.79 Å². The van der Waals surface area contributed by atoms with Crippen LogP contribution in [0, 0.1) is 0 Å². The van der Waals surface area contributed by atoms with E-state index in [1.165, 1.54) is 4.88 Å². The Balaban J connectivity index is 1.53. The van der Waals surface area contributed by atoms with Crippen LogP contribution in [0.4, 0.5) is 0 Å². The zero-order chi connectivity index (χ0) is 17.5. The van der Waals surface area contributed by atoms with Crippen LogP contribution in [-0.4, -0.2) is 36.4 Å². The van der Waals surface area contributed by atoms with Gasteiger partial charge in [0.1, 0.15) is 11.9 Å². The van der Waals surface area contributed by atoms with Crippen molar-refractivity contribution in [1.29, 1.82) is 0 Å². The van der Waals surface area contributed by atoms with Crippen LogP contribution < -0.4 is 10.1 Å². The minimum Gasteiger partial charge on any atom is -0.488 e. The Kier molecular flexibility index (Phi) is 6.44. The van der Waals surface area contributed by atoms with Crippen LogP contribution in [0.5, 0.6) is 5.75 Å². The molecule has 0 bridgehead atoms. The number of hydrogen-bond acceptors (Lipinski definition) is 5. The third-order valence-corrected chi connectivity index (χ3v) is 5.15.